The molecule has 0 amide bonds. The highest BCUT2D eigenvalue weighted by Gasteiger charge is 2.39. The standard InChI is InChI=1S/C22H26ClN5O3SSi/c1-13-17(31-33(6,7)22(2,3)4)9-8-16(23)18(13)15-10-14-11-24-21(32(5,29)30)26-19(14)28-12-25-27-20(15)28/h8-12H,1-7H3. The molecular formula is C22H26ClN5O3SSi. The van der Waals surface area contributed by atoms with Crippen LogP contribution in [0, 0.1) is 6.92 Å². The lowest BCUT2D eigenvalue weighted by Gasteiger charge is -2.37. The van der Waals surface area contributed by atoms with E-state index in [0.29, 0.717) is 21.7 Å². The summed E-state index contributed by atoms with van der Waals surface area (Å²) >= 11 is 6.69. The van der Waals surface area contributed by atoms with E-state index < -0.39 is 18.2 Å². The highest BCUT2D eigenvalue weighted by molar-refractivity contribution is 7.90. The van der Waals surface area contributed by atoms with Crippen molar-refractivity contribution in [1.29, 1.82) is 0 Å². The van der Waals surface area contributed by atoms with Crippen LogP contribution in [0.5, 0.6) is 5.75 Å². The van der Waals surface area contributed by atoms with Crippen molar-refractivity contribution in [2.24, 2.45) is 0 Å². The Morgan fingerprint density at radius 3 is 2.48 bits per heavy atom. The fraction of sp³-hybridized carbons (Fsp3) is 0.364. The third-order valence-electron chi connectivity index (χ3n) is 6.23. The average molecular weight is 504 g/mol. The van der Waals surface area contributed by atoms with Crippen LogP contribution in [0.2, 0.25) is 23.2 Å². The van der Waals surface area contributed by atoms with Crippen LogP contribution in [0.15, 0.2) is 35.9 Å². The second-order valence-corrected chi connectivity index (χ2v) is 16.7. The number of benzene rings is 1. The Bertz CT molecular complexity index is 1510. The van der Waals surface area contributed by atoms with E-state index in [2.05, 4.69) is 54.0 Å². The second-order valence-electron chi connectivity index (χ2n) is 9.69. The first kappa shape index (κ1) is 23.6. The lowest BCUT2D eigenvalue weighted by Crippen LogP contribution is -2.44. The number of sulfone groups is 1. The minimum atomic E-state index is -3.57. The monoisotopic (exact) mass is 503 g/mol. The molecule has 0 fully saturated rings. The molecule has 0 radical (unpaired) electrons. The van der Waals surface area contributed by atoms with E-state index in [9.17, 15) is 8.42 Å². The Balaban J connectivity index is 1.97. The molecule has 0 unspecified atom stereocenters. The molecule has 0 spiro atoms. The van der Waals surface area contributed by atoms with Crippen LogP contribution in [-0.4, -0.2) is 47.6 Å². The first-order chi connectivity index (χ1) is 15.2. The number of nitrogens with zero attached hydrogens (tertiary/aromatic N) is 5. The third-order valence-corrected chi connectivity index (χ3v) is 11.7. The first-order valence-corrected chi connectivity index (χ1v) is 15.6. The van der Waals surface area contributed by atoms with Gasteiger partial charge in [-0.05, 0) is 48.8 Å². The van der Waals surface area contributed by atoms with Gasteiger partial charge in [-0.3, -0.25) is 4.40 Å². The summed E-state index contributed by atoms with van der Waals surface area (Å²) in [5.74, 6) is 0.780. The number of rotatable bonds is 4. The van der Waals surface area contributed by atoms with Crippen LogP contribution < -0.4 is 4.43 Å². The van der Waals surface area contributed by atoms with Crippen molar-refractivity contribution in [1.82, 2.24) is 24.6 Å². The maximum absolute atomic E-state index is 12.0. The first-order valence-electron chi connectivity index (χ1n) is 10.4. The van der Waals surface area contributed by atoms with Gasteiger partial charge in [0.15, 0.2) is 11.3 Å². The van der Waals surface area contributed by atoms with Crippen molar-refractivity contribution >= 4 is 46.4 Å². The zero-order valence-electron chi connectivity index (χ0n) is 19.6. The molecule has 3 aromatic heterocycles. The minimum absolute atomic E-state index is 0.0388. The highest BCUT2D eigenvalue weighted by atomic mass is 35.5. The largest absolute Gasteiger partial charge is 0.543 e. The molecule has 4 rings (SSSR count). The number of halogens is 1. The summed E-state index contributed by atoms with van der Waals surface area (Å²) in [7, 11) is -5.65. The van der Waals surface area contributed by atoms with Gasteiger partial charge in [0.05, 0.1) is 0 Å². The zero-order chi connectivity index (χ0) is 24.3. The second kappa shape index (κ2) is 7.75. The number of fused-ring (bicyclic) bond motifs is 3. The van der Waals surface area contributed by atoms with E-state index >= 15 is 0 Å². The fourth-order valence-electron chi connectivity index (χ4n) is 3.35. The maximum Gasteiger partial charge on any atom is 0.250 e. The van der Waals surface area contributed by atoms with Crippen LogP contribution in [0.1, 0.15) is 26.3 Å². The Hall–Kier alpha value is -2.56. The summed E-state index contributed by atoms with van der Waals surface area (Å²) in [5, 5.41) is 9.28. The molecule has 0 saturated carbocycles. The van der Waals surface area contributed by atoms with E-state index in [1.165, 1.54) is 12.5 Å². The van der Waals surface area contributed by atoms with E-state index in [1.54, 1.807) is 4.40 Å². The van der Waals surface area contributed by atoms with Crippen LogP contribution in [-0.2, 0) is 9.84 Å². The Kier molecular flexibility index (Phi) is 5.54. The molecule has 1 aromatic carbocycles. The number of hydrogen-bond acceptors (Lipinski definition) is 7. The van der Waals surface area contributed by atoms with Gasteiger partial charge in [-0.15, -0.1) is 10.2 Å². The molecule has 0 aliphatic rings. The van der Waals surface area contributed by atoms with Crippen molar-refractivity contribution in [3.63, 3.8) is 0 Å². The molecule has 0 aliphatic carbocycles. The number of aromatic nitrogens is 5. The van der Waals surface area contributed by atoms with E-state index in [4.69, 9.17) is 16.0 Å². The molecule has 0 N–H and O–H groups in total. The van der Waals surface area contributed by atoms with Gasteiger partial charge >= 0.3 is 0 Å². The smallest absolute Gasteiger partial charge is 0.250 e. The van der Waals surface area contributed by atoms with Crippen LogP contribution in [0.4, 0.5) is 0 Å². The predicted octanol–water partition coefficient (Wildman–Crippen LogP) is 5.09. The van der Waals surface area contributed by atoms with Gasteiger partial charge in [-0.1, -0.05) is 32.4 Å². The SMILES string of the molecule is Cc1c(O[Si](C)(C)C(C)(C)C)ccc(Cl)c1-c1cc2cnc(S(C)(=O)=O)nc2n2cnnc12. The van der Waals surface area contributed by atoms with Crippen LogP contribution in [0.25, 0.3) is 27.8 Å². The molecule has 0 atom stereocenters. The lowest BCUT2D eigenvalue weighted by molar-refractivity contribution is 0.489. The lowest BCUT2D eigenvalue weighted by atomic mass is 10.00. The van der Waals surface area contributed by atoms with E-state index in [0.717, 1.165) is 28.7 Å². The zero-order valence-corrected chi connectivity index (χ0v) is 22.2. The van der Waals surface area contributed by atoms with Gasteiger partial charge in [-0.25, -0.2) is 13.4 Å². The number of pyridine rings is 1. The van der Waals surface area contributed by atoms with Gasteiger partial charge < -0.3 is 4.43 Å². The van der Waals surface area contributed by atoms with Gasteiger partial charge in [0.25, 0.3) is 0 Å². The molecule has 8 nitrogen and oxygen atoms in total. The van der Waals surface area contributed by atoms with Crippen molar-refractivity contribution < 1.29 is 12.8 Å². The van der Waals surface area contributed by atoms with Crippen LogP contribution in [0.3, 0.4) is 0 Å². The van der Waals surface area contributed by atoms with E-state index in [1.807, 2.05) is 25.1 Å². The summed E-state index contributed by atoms with van der Waals surface area (Å²) in [4.78, 5) is 8.29. The normalized spacial score (nSPS) is 13.1. The molecule has 174 valence electrons. The molecule has 0 saturated heterocycles. The molecular weight excluding hydrogens is 478 g/mol. The molecule has 33 heavy (non-hydrogen) atoms. The van der Waals surface area contributed by atoms with Gasteiger partial charge in [-0.2, -0.15) is 4.98 Å². The molecule has 0 aliphatic heterocycles. The fourth-order valence-corrected chi connectivity index (χ4v) is 5.23. The minimum Gasteiger partial charge on any atom is -0.543 e. The maximum atomic E-state index is 12.0. The summed E-state index contributed by atoms with van der Waals surface area (Å²) in [6, 6.07) is 5.59. The topological polar surface area (TPSA) is 99.3 Å². The van der Waals surface area contributed by atoms with E-state index in [-0.39, 0.29) is 10.2 Å². The molecule has 11 heteroatoms. The van der Waals surface area contributed by atoms with Crippen molar-refractivity contribution in [3.05, 3.63) is 41.3 Å². The Morgan fingerprint density at radius 2 is 1.85 bits per heavy atom. The van der Waals surface area contributed by atoms with Gasteiger partial charge in [0, 0.05) is 34.0 Å². The summed E-state index contributed by atoms with van der Waals surface area (Å²) < 4.78 is 32.2. The van der Waals surface area contributed by atoms with Crippen LogP contribution >= 0.6 is 11.6 Å². The Morgan fingerprint density at radius 1 is 1.15 bits per heavy atom. The highest BCUT2D eigenvalue weighted by Crippen LogP contribution is 2.43. The van der Waals surface area contributed by atoms with Gasteiger partial charge in [0.1, 0.15) is 12.1 Å². The van der Waals surface area contributed by atoms with Gasteiger partial charge in [0.2, 0.25) is 23.3 Å². The Labute approximate surface area is 199 Å². The summed E-state index contributed by atoms with van der Waals surface area (Å²) in [6.07, 6.45) is 4.06. The molecule has 3 heterocycles. The van der Waals surface area contributed by atoms with Crippen molar-refractivity contribution in [3.8, 4) is 16.9 Å². The average Bonchev–Trinajstić information content (AvgIpc) is 3.18. The van der Waals surface area contributed by atoms with Crippen molar-refractivity contribution in [2.45, 2.75) is 51.0 Å². The summed E-state index contributed by atoms with van der Waals surface area (Å²) in [6.45, 7) is 13.0. The summed E-state index contributed by atoms with van der Waals surface area (Å²) in [5.41, 5.74) is 3.32. The molecule has 0 bridgehead atoms. The van der Waals surface area contributed by atoms with Crippen molar-refractivity contribution in [2.75, 3.05) is 6.26 Å². The quantitative estimate of drug-likeness (QED) is 0.282. The third kappa shape index (κ3) is 4.11. The predicted molar refractivity (Wildman–Crippen MR) is 132 cm³/mol. The molecule has 4 aromatic rings. The number of hydrogen-bond donors (Lipinski definition) is 0.